The lowest BCUT2D eigenvalue weighted by Crippen LogP contribution is -2.59. The Balaban J connectivity index is 1.05. The summed E-state index contributed by atoms with van der Waals surface area (Å²) in [6.07, 6.45) is 0. The van der Waals surface area contributed by atoms with Crippen LogP contribution in [0.3, 0.4) is 0 Å². The first-order chi connectivity index (χ1) is 29.3. The molecule has 0 N–H and O–H groups in total. The number of hydrogen-bond acceptors (Lipinski definition) is 3. The first kappa shape index (κ1) is 32.3. The molecule has 0 saturated heterocycles. The van der Waals surface area contributed by atoms with Gasteiger partial charge in [-0.25, -0.2) is 0 Å². The number of aromatic nitrogens is 1. The summed E-state index contributed by atoms with van der Waals surface area (Å²) in [6.45, 7) is -0.112. The van der Waals surface area contributed by atoms with Gasteiger partial charge in [-0.1, -0.05) is 127 Å². The van der Waals surface area contributed by atoms with E-state index in [0.29, 0.717) is 0 Å². The van der Waals surface area contributed by atoms with Gasteiger partial charge in [0, 0.05) is 49.6 Å². The molecule has 2 aliphatic rings. The molecule has 2 aliphatic heterocycles. The van der Waals surface area contributed by atoms with E-state index in [2.05, 4.69) is 204 Å². The Morgan fingerprint density at radius 1 is 0.407 bits per heavy atom. The quantitative estimate of drug-likeness (QED) is 0.168. The van der Waals surface area contributed by atoms with Gasteiger partial charge in [-0.3, -0.25) is 0 Å². The fourth-order valence-electron chi connectivity index (χ4n) is 9.91. The Morgan fingerprint density at radius 3 is 1.95 bits per heavy atom. The topological polar surface area (TPSA) is 30.5 Å². The van der Waals surface area contributed by atoms with Gasteiger partial charge in [0.1, 0.15) is 22.7 Å². The van der Waals surface area contributed by atoms with Crippen molar-refractivity contribution in [3.63, 3.8) is 0 Å². The molecule has 4 heterocycles. The number of ether oxygens (including phenoxy) is 1. The third kappa shape index (κ3) is 4.73. The van der Waals surface area contributed by atoms with Gasteiger partial charge in [-0.15, -0.1) is 0 Å². The van der Waals surface area contributed by atoms with Crippen LogP contribution in [0.1, 0.15) is 0 Å². The van der Waals surface area contributed by atoms with Gasteiger partial charge in [0.05, 0.1) is 11.0 Å². The zero-order valence-corrected chi connectivity index (χ0v) is 31.8. The van der Waals surface area contributed by atoms with Gasteiger partial charge >= 0.3 is 6.85 Å². The normalized spacial score (nSPS) is 12.8. The van der Waals surface area contributed by atoms with Gasteiger partial charge in [-0.2, -0.15) is 0 Å². The summed E-state index contributed by atoms with van der Waals surface area (Å²) in [6, 6.07) is 72.0. The predicted molar refractivity (Wildman–Crippen MR) is 244 cm³/mol. The molecule has 0 spiro atoms. The van der Waals surface area contributed by atoms with Gasteiger partial charge in [0.25, 0.3) is 0 Å². The van der Waals surface area contributed by atoms with Crippen LogP contribution in [0.25, 0.3) is 82.8 Å². The van der Waals surface area contributed by atoms with Gasteiger partial charge < -0.3 is 18.5 Å². The number of nitrogens with zero attached hydrogens (tertiary/aromatic N) is 2. The Bertz CT molecular complexity index is 3460. The van der Waals surface area contributed by atoms with E-state index in [9.17, 15) is 0 Å². The fourth-order valence-corrected chi connectivity index (χ4v) is 9.91. The van der Waals surface area contributed by atoms with Crippen molar-refractivity contribution in [1.82, 2.24) is 4.57 Å². The van der Waals surface area contributed by atoms with Crippen molar-refractivity contribution in [3.8, 4) is 50.6 Å². The largest absolute Gasteiger partial charge is 0.458 e. The van der Waals surface area contributed by atoms with E-state index in [0.717, 1.165) is 83.8 Å². The molecule has 0 radical (unpaired) electrons. The lowest BCUT2D eigenvalue weighted by Gasteiger charge is -2.42. The molecule has 0 bridgehead atoms. The van der Waals surface area contributed by atoms with Crippen molar-refractivity contribution in [2.75, 3.05) is 4.81 Å². The Labute approximate surface area is 340 Å². The highest BCUT2D eigenvalue weighted by molar-refractivity contribution is 6.92. The van der Waals surface area contributed by atoms with E-state index >= 15 is 0 Å². The standard InChI is InChI=1S/C54H33BN2O2/c1-2-15-37(16-3-1)57-48-32-35(39-21-13-27-51-53(39)43-20-6-10-25-49(43)58-51)28-29-42(48)44-31-36(33-52-54(44)55(57)45-22-7-11-26-50(45)59-52)34-14-12-17-38(30-34)56-46-23-8-4-18-40(46)41-19-5-9-24-47(41)56/h1-33H. The lowest BCUT2D eigenvalue weighted by atomic mass is 9.44. The minimum atomic E-state index is -0.112. The maximum Gasteiger partial charge on any atom is 0.336 e. The summed E-state index contributed by atoms with van der Waals surface area (Å²) >= 11 is 0. The van der Waals surface area contributed by atoms with Crippen LogP contribution in [0.2, 0.25) is 0 Å². The Kier molecular flexibility index (Phi) is 6.78. The molecule has 9 aromatic carbocycles. The lowest BCUT2D eigenvalue weighted by molar-refractivity contribution is 0.487. The second-order valence-corrected chi connectivity index (χ2v) is 15.6. The number of hydrogen-bond donors (Lipinski definition) is 0. The molecule has 0 aliphatic carbocycles. The third-order valence-corrected chi connectivity index (χ3v) is 12.4. The number of furan rings is 1. The highest BCUT2D eigenvalue weighted by Crippen LogP contribution is 2.48. The Morgan fingerprint density at radius 2 is 1.10 bits per heavy atom. The summed E-state index contributed by atoms with van der Waals surface area (Å²) in [7, 11) is 0. The van der Waals surface area contributed by atoms with Crippen molar-refractivity contribution in [3.05, 3.63) is 200 Å². The van der Waals surface area contributed by atoms with E-state index < -0.39 is 0 Å². The van der Waals surface area contributed by atoms with Crippen molar-refractivity contribution < 1.29 is 9.15 Å². The molecule has 0 fully saturated rings. The monoisotopic (exact) mass is 752 g/mol. The molecule has 59 heavy (non-hydrogen) atoms. The number of anilines is 2. The SMILES string of the molecule is c1ccc(N2B3c4ccccc4Oc4cc(-c5cccc(-n6c7ccccc7c7ccccc76)c5)cc(c43)-c3ccc(-c4cccc5oc6ccccc6c45)cc32)cc1. The van der Waals surface area contributed by atoms with E-state index in [1.807, 2.05) is 6.07 Å². The van der Waals surface area contributed by atoms with Crippen molar-refractivity contribution in [2.24, 2.45) is 0 Å². The molecule has 11 aromatic rings. The number of rotatable bonds is 4. The van der Waals surface area contributed by atoms with Crippen molar-refractivity contribution >= 4 is 72.9 Å². The fraction of sp³-hybridized carbons (Fsp3) is 0. The number of para-hydroxylation sites is 5. The summed E-state index contributed by atoms with van der Waals surface area (Å²) < 4.78 is 15.7. The van der Waals surface area contributed by atoms with Crippen molar-refractivity contribution in [2.45, 2.75) is 0 Å². The summed E-state index contributed by atoms with van der Waals surface area (Å²) in [5, 5.41) is 4.76. The first-order valence-corrected chi connectivity index (χ1v) is 20.2. The van der Waals surface area contributed by atoms with E-state index in [4.69, 9.17) is 9.15 Å². The van der Waals surface area contributed by atoms with E-state index in [1.165, 1.54) is 32.8 Å². The zero-order valence-electron chi connectivity index (χ0n) is 31.8. The number of benzene rings is 9. The van der Waals surface area contributed by atoms with Gasteiger partial charge in [-0.05, 0) is 106 Å². The molecular formula is C54H33BN2O2. The Hall–Kier alpha value is -7.76. The predicted octanol–water partition coefficient (Wildman–Crippen LogP) is 13.0. The number of fused-ring (bicyclic) bond motifs is 10. The molecule has 13 rings (SSSR count). The van der Waals surface area contributed by atoms with Crippen molar-refractivity contribution in [1.29, 1.82) is 0 Å². The van der Waals surface area contributed by atoms with Crippen LogP contribution in [-0.2, 0) is 0 Å². The highest BCUT2D eigenvalue weighted by Gasteiger charge is 2.44. The molecule has 274 valence electrons. The minimum absolute atomic E-state index is 0.112. The van der Waals surface area contributed by atoms with Crippen LogP contribution in [0.4, 0.5) is 11.4 Å². The second kappa shape index (κ2) is 12.4. The second-order valence-electron chi connectivity index (χ2n) is 15.6. The highest BCUT2D eigenvalue weighted by atomic mass is 16.5. The molecule has 0 atom stereocenters. The summed E-state index contributed by atoms with van der Waals surface area (Å²) in [4.78, 5) is 2.52. The van der Waals surface area contributed by atoms with Gasteiger partial charge in [0.15, 0.2) is 0 Å². The van der Waals surface area contributed by atoms with Crippen LogP contribution in [0, 0.1) is 0 Å². The molecule has 4 nitrogen and oxygen atoms in total. The maximum atomic E-state index is 6.93. The molecule has 2 aromatic heterocycles. The first-order valence-electron chi connectivity index (χ1n) is 20.2. The molecule has 0 unspecified atom stereocenters. The average Bonchev–Trinajstić information content (AvgIpc) is 3.85. The van der Waals surface area contributed by atoms with E-state index in [-0.39, 0.29) is 6.85 Å². The third-order valence-electron chi connectivity index (χ3n) is 12.4. The van der Waals surface area contributed by atoms with E-state index in [1.54, 1.807) is 0 Å². The maximum absolute atomic E-state index is 6.93. The van der Waals surface area contributed by atoms with Crippen LogP contribution in [0.15, 0.2) is 205 Å². The smallest absolute Gasteiger partial charge is 0.336 e. The van der Waals surface area contributed by atoms with Crippen LogP contribution in [0.5, 0.6) is 11.5 Å². The summed E-state index contributed by atoms with van der Waals surface area (Å²) in [5.41, 5.74) is 16.8. The molecule has 0 saturated carbocycles. The van der Waals surface area contributed by atoms with Gasteiger partial charge in [0.2, 0.25) is 0 Å². The molecule has 5 heteroatoms. The van der Waals surface area contributed by atoms with Crippen LogP contribution >= 0.6 is 0 Å². The molecule has 0 amide bonds. The zero-order chi connectivity index (χ0) is 38.6. The van der Waals surface area contributed by atoms with Crippen LogP contribution in [-0.4, -0.2) is 11.4 Å². The average molecular weight is 753 g/mol. The van der Waals surface area contributed by atoms with Crippen LogP contribution < -0.4 is 20.5 Å². The summed E-state index contributed by atoms with van der Waals surface area (Å²) in [5.74, 6) is 1.76. The molecular weight excluding hydrogens is 719 g/mol. The minimum Gasteiger partial charge on any atom is -0.458 e.